The van der Waals surface area contributed by atoms with E-state index in [-0.39, 0.29) is 6.04 Å². The number of nitrogens with two attached hydrogens (primary N) is 1. The summed E-state index contributed by atoms with van der Waals surface area (Å²) in [5, 5.41) is 9.37. The molecule has 13 heteroatoms. The molecular formula is C34H45N7O6. The summed E-state index contributed by atoms with van der Waals surface area (Å²) in [6.07, 6.45) is 4.46. The van der Waals surface area contributed by atoms with Crippen molar-refractivity contribution in [3.63, 3.8) is 0 Å². The minimum Gasteiger partial charge on any atom is -0.492 e. The van der Waals surface area contributed by atoms with Crippen LogP contribution in [0.3, 0.4) is 0 Å². The molecule has 3 heterocycles. The van der Waals surface area contributed by atoms with Gasteiger partial charge in [0.15, 0.2) is 5.82 Å². The van der Waals surface area contributed by atoms with Crippen LogP contribution < -0.4 is 10.5 Å². The normalized spacial score (nSPS) is 12.3. The Hall–Kier alpha value is -4.14. The molecule has 3 aromatic heterocycles. The second kappa shape index (κ2) is 18.3. The van der Waals surface area contributed by atoms with Gasteiger partial charge in [0.05, 0.1) is 89.0 Å². The number of pyridine rings is 1. The summed E-state index contributed by atoms with van der Waals surface area (Å²) in [6.45, 7) is 10.4. The number of benzene rings is 2. The molecular weight excluding hydrogens is 602 g/mol. The van der Waals surface area contributed by atoms with E-state index in [0.717, 1.165) is 39.8 Å². The molecule has 0 aliphatic carbocycles. The van der Waals surface area contributed by atoms with Crippen molar-refractivity contribution in [3.05, 3.63) is 72.3 Å². The molecule has 2 aromatic carbocycles. The molecule has 0 radical (unpaired) electrons. The quantitative estimate of drug-likeness (QED) is 0.108. The van der Waals surface area contributed by atoms with Crippen molar-refractivity contribution < 1.29 is 28.4 Å². The Morgan fingerprint density at radius 3 is 2.30 bits per heavy atom. The van der Waals surface area contributed by atoms with E-state index >= 15 is 0 Å². The standard InChI is InChI=1S/C34H45N7O6/c1-3-42-15-16-44-17-18-45-19-20-46-23-27-22-40(39-38-27)13-14-47-29-11-9-26(10-12-29)21-28(24-43-4-2)41-25-36-32-33(41)30-7-5-6-8-31(30)37-34(32)35/h5-12,22,25,28H,3-4,13-21,23-24H2,1-2H3,(H2,35,37)/t28-/m0/s1. The summed E-state index contributed by atoms with van der Waals surface area (Å²) < 4.78 is 37.6. The lowest BCUT2D eigenvalue weighted by atomic mass is 10.1. The molecule has 5 rings (SSSR count). The number of anilines is 1. The minimum atomic E-state index is 0.0190. The van der Waals surface area contributed by atoms with Crippen molar-refractivity contribution in [1.82, 2.24) is 29.5 Å². The van der Waals surface area contributed by atoms with E-state index in [1.54, 1.807) is 4.68 Å². The van der Waals surface area contributed by atoms with Crippen molar-refractivity contribution in [1.29, 1.82) is 0 Å². The molecule has 0 aliphatic rings. The average Bonchev–Trinajstić information content (AvgIpc) is 3.74. The zero-order valence-corrected chi connectivity index (χ0v) is 27.3. The molecule has 0 unspecified atom stereocenters. The maximum absolute atomic E-state index is 6.28. The third-order valence-electron chi connectivity index (χ3n) is 7.48. The average molecular weight is 648 g/mol. The number of para-hydroxylation sites is 1. The van der Waals surface area contributed by atoms with Crippen molar-refractivity contribution in [2.24, 2.45) is 0 Å². The lowest BCUT2D eigenvalue weighted by molar-refractivity contribution is -0.00324. The number of fused-ring (bicyclic) bond motifs is 3. The fourth-order valence-corrected chi connectivity index (χ4v) is 5.18. The van der Waals surface area contributed by atoms with E-state index in [1.807, 2.05) is 56.7 Å². The van der Waals surface area contributed by atoms with Gasteiger partial charge in [-0.05, 0) is 44.0 Å². The van der Waals surface area contributed by atoms with Gasteiger partial charge < -0.3 is 38.7 Å². The molecule has 5 aromatic rings. The summed E-state index contributed by atoms with van der Waals surface area (Å²) in [4.78, 5) is 9.17. The van der Waals surface area contributed by atoms with Crippen LogP contribution in [-0.2, 0) is 43.3 Å². The highest BCUT2D eigenvalue weighted by Crippen LogP contribution is 2.30. The second-order valence-electron chi connectivity index (χ2n) is 10.8. The summed E-state index contributed by atoms with van der Waals surface area (Å²) in [5.74, 6) is 1.22. The predicted octanol–water partition coefficient (Wildman–Crippen LogP) is 4.24. The van der Waals surface area contributed by atoms with Gasteiger partial charge in [-0.15, -0.1) is 5.10 Å². The van der Waals surface area contributed by atoms with Crippen LogP contribution in [0.25, 0.3) is 21.9 Å². The smallest absolute Gasteiger partial charge is 0.152 e. The number of aromatic nitrogens is 6. The van der Waals surface area contributed by atoms with E-state index in [2.05, 4.69) is 43.0 Å². The maximum atomic E-state index is 6.28. The minimum absolute atomic E-state index is 0.0190. The first-order chi connectivity index (χ1) is 23.2. The zero-order chi connectivity index (χ0) is 32.7. The van der Waals surface area contributed by atoms with Crippen LogP contribution in [0.15, 0.2) is 61.1 Å². The molecule has 1 atom stereocenters. The van der Waals surface area contributed by atoms with Gasteiger partial charge in [0.25, 0.3) is 0 Å². The van der Waals surface area contributed by atoms with Gasteiger partial charge in [-0.2, -0.15) is 0 Å². The van der Waals surface area contributed by atoms with Gasteiger partial charge in [0.1, 0.15) is 23.6 Å². The van der Waals surface area contributed by atoms with E-state index in [0.29, 0.717) is 90.6 Å². The van der Waals surface area contributed by atoms with Gasteiger partial charge in [-0.1, -0.05) is 35.5 Å². The highest BCUT2D eigenvalue weighted by Gasteiger charge is 2.19. The van der Waals surface area contributed by atoms with Crippen LogP contribution >= 0.6 is 0 Å². The van der Waals surface area contributed by atoms with E-state index in [4.69, 9.17) is 34.2 Å². The van der Waals surface area contributed by atoms with Crippen molar-refractivity contribution >= 4 is 27.8 Å². The van der Waals surface area contributed by atoms with Gasteiger partial charge in [-0.3, -0.25) is 0 Å². The molecule has 0 spiro atoms. The van der Waals surface area contributed by atoms with Crippen molar-refractivity contribution in [3.8, 4) is 5.75 Å². The number of ether oxygens (including phenoxy) is 6. The summed E-state index contributed by atoms with van der Waals surface area (Å²) in [7, 11) is 0. The molecule has 0 aliphatic heterocycles. The lowest BCUT2D eigenvalue weighted by Crippen LogP contribution is -2.18. The topological polar surface area (TPSA) is 143 Å². The van der Waals surface area contributed by atoms with Crippen LogP contribution in [0.1, 0.15) is 31.1 Å². The Balaban J connectivity index is 1.06. The molecule has 0 bridgehead atoms. The van der Waals surface area contributed by atoms with E-state index in [1.165, 1.54) is 0 Å². The molecule has 47 heavy (non-hydrogen) atoms. The first-order valence-corrected chi connectivity index (χ1v) is 16.2. The van der Waals surface area contributed by atoms with Gasteiger partial charge >= 0.3 is 0 Å². The molecule has 13 nitrogen and oxygen atoms in total. The van der Waals surface area contributed by atoms with Crippen LogP contribution in [-0.4, -0.2) is 95.6 Å². The van der Waals surface area contributed by atoms with E-state index in [9.17, 15) is 0 Å². The Kier molecular flexibility index (Phi) is 13.3. The van der Waals surface area contributed by atoms with Gasteiger partial charge in [-0.25, -0.2) is 14.6 Å². The van der Waals surface area contributed by atoms with Crippen LogP contribution in [0.5, 0.6) is 5.75 Å². The number of hydrogen-bond acceptors (Lipinski definition) is 11. The Morgan fingerprint density at radius 1 is 0.809 bits per heavy atom. The number of rotatable bonds is 22. The second-order valence-corrected chi connectivity index (χ2v) is 10.8. The Bertz CT molecular complexity index is 1640. The molecule has 0 saturated heterocycles. The number of imidazole rings is 1. The first-order valence-electron chi connectivity index (χ1n) is 16.2. The largest absolute Gasteiger partial charge is 0.492 e. The predicted molar refractivity (Wildman–Crippen MR) is 178 cm³/mol. The molecule has 0 saturated carbocycles. The zero-order valence-electron chi connectivity index (χ0n) is 27.3. The van der Waals surface area contributed by atoms with Crippen LogP contribution in [0.4, 0.5) is 5.82 Å². The van der Waals surface area contributed by atoms with Gasteiger partial charge in [0, 0.05) is 18.6 Å². The highest BCUT2D eigenvalue weighted by atomic mass is 16.6. The SMILES string of the molecule is CCOCCOCCOCCOCc1cn(CCOc2ccc(C[C@@H](COCC)n3cnc4c(N)nc5ccccc5c43)cc2)nn1. The Labute approximate surface area is 274 Å². The third-order valence-corrected chi connectivity index (χ3v) is 7.48. The maximum Gasteiger partial charge on any atom is 0.152 e. The molecule has 252 valence electrons. The number of nitrogens with zero attached hydrogens (tertiary/aromatic N) is 6. The summed E-state index contributed by atoms with van der Waals surface area (Å²) >= 11 is 0. The highest BCUT2D eigenvalue weighted by molar-refractivity contribution is 6.06. The Morgan fingerprint density at radius 2 is 1.53 bits per heavy atom. The van der Waals surface area contributed by atoms with Crippen molar-refractivity contribution in [2.45, 2.75) is 39.5 Å². The van der Waals surface area contributed by atoms with E-state index < -0.39 is 0 Å². The van der Waals surface area contributed by atoms with Crippen LogP contribution in [0, 0.1) is 0 Å². The van der Waals surface area contributed by atoms with Crippen LogP contribution in [0.2, 0.25) is 0 Å². The monoisotopic (exact) mass is 647 g/mol. The molecule has 0 fully saturated rings. The molecule has 2 N–H and O–H groups in total. The number of nitrogen functional groups attached to an aromatic ring is 1. The third kappa shape index (κ3) is 9.92. The number of hydrogen-bond donors (Lipinski definition) is 1. The fourth-order valence-electron chi connectivity index (χ4n) is 5.18. The first kappa shape index (κ1) is 34.2. The van der Waals surface area contributed by atoms with Gasteiger partial charge in [0.2, 0.25) is 0 Å². The summed E-state index contributed by atoms with van der Waals surface area (Å²) in [6, 6.07) is 16.2. The lowest BCUT2D eigenvalue weighted by Gasteiger charge is -2.20. The molecule has 0 amide bonds. The van der Waals surface area contributed by atoms with Crippen molar-refractivity contribution in [2.75, 3.05) is 71.8 Å². The fraction of sp³-hybridized carbons (Fsp3) is 0.471. The summed E-state index contributed by atoms with van der Waals surface area (Å²) in [5.41, 5.74) is 10.7.